The number of piperidine rings is 1. The minimum atomic E-state index is -4.39. The first kappa shape index (κ1) is 15.1. The molecule has 1 fully saturated rings. The summed E-state index contributed by atoms with van der Waals surface area (Å²) in [5.41, 5.74) is -0.812. The number of rotatable bonds is 3. The zero-order valence-corrected chi connectivity index (χ0v) is 12.3. The van der Waals surface area contributed by atoms with E-state index in [0.29, 0.717) is 18.9 Å². The van der Waals surface area contributed by atoms with E-state index >= 15 is 0 Å². The number of halogens is 3. The monoisotopic (exact) mass is 313 g/mol. The molecule has 120 valence electrons. The normalized spacial score (nSPS) is 20.5. The van der Waals surface area contributed by atoms with Crippen molar-refractivity contribution in [1.29, 1.82) is 0 Å². The number of aromatic amines is 1. The molecule has 1 aliphatic rings. The summed E-state index contributed by atoms with van der Waals surface area (Å²) >= 11 is 0. The van der Waals surface area contributed by atoms with E-state index < -0.39 is 11.9 Å². The van der Waals surface area contributed by atoms with Crippen LogP contribution in [0, 0.1) is 0 Å². The van der Waals surface area contributed by atoms with Gasteiger partial charge in [0.15, 0.2) is 5.69 Å². The van der Waals surface area contributed by atoms with Crippen LogP contribution in [0.1, 0.15) is 36.1 Å². The van der Waals surface area contributed by atoms with Crippen LogP contribution in [0.5, 0.6) is 0 Å². The number of nitrogens with zero attached hydrogens (tertiary/aromatic N) is 4. The third-order valence-electron chi connectivity index (χ3n) is 4.00. The zero-order chi connectivity index (χ0) is 15.7. The second-order valence-electron chi connectivity index (χ2n) is 5.70. The average Bonchev–Trinajstić information content (AvgIpc) is 3.08. The Kier molecular flexibility index (Phi) is 3.94. The van der Waals surface area contributed by atoms with Crippen LogP contribution in [-0.4, -0.2) is 37.5 Å². The maximum Gasteiger partial charge on any atom is 0.434 e. The van der Waals surface area contributed by atoms with Crippen molar-refractivity contribution in [2.24, 2.45) is 7.05 Å². The fourth-order valence-corrected chi connectivity index (χ4v) is 3.00. The standard InChI is InChI=1S/C14H18F3N5/c1-21-8-11(14(15,16)17)20-13(21)10-3-2-6-22(7-10)9-12-18-4-5-19-12/h4-5,8,10H,2-3,6-7,9H2,1H3,(H,18,19). The van der Waals surface area contributed by atoms with Gasteiger partial charge in [0.1, 0.15) is 11.6 Å². The predicted octanol–water partition coefficient (Wildman–Crippen LogP) is 2.54. The highest BCUT2D eigenvalue weighted by molar-refractivity contribution is 5.12. The van der Waals surface area contributed by atoms with Gasteiger partial charge in [-0.2, -0.15) is 13.2 Å². The minimum absolute atomic E-state index is 0.0183. The molecule has 22 heavy (non-hydrogen) atoms. The molecule has 0 aliphatic carbocycles. The van der Waals surface area contributed by atoms with Gasteiger partial charge in [-0.05, 0) is 19.4 Å². The molecule has 0 amide bonds. The molecule has 1 unspecified atom stereocenters. The number of likely N-dealkylation sites (tertiary alicyclic amines) is 1. The number of alkyl halides is 3. The first-order chi connectivity index (χ1) is 10.4. The van der Waals surface area contributed by atoms with Gasteiger partial charge in [0.05, 0.1) is 6.54 Å². The topological polar surface area (TPSA) is 49.7 Å². The molecule has 0 aromatic carbocycles. The molecule has 2 aromatic heterocycles. The largest absolute Gasteiger partial charge is 0.434 e. The molecule has 2 aromatic rings. The Morgan fingerprint density at radius 3 is 2.86 bits per heavy atom. The lowest BCUT2D eigenvalue weighted by Crippen LogP contribution is -2.35. The Hall–Kier alpha value is -1.83. The summed E-state index contributed by atoms with van der Waals surface area (Å²) in [4.78, 5) is 13.3. The molecule has 0 spiro atoms. The van der Waals surface area contributed by atoms with Crippen molar-refractivity contribution < 1.29 is 13.2 Å². The predicted molar refractivity (Wildman–Crippen MR) is 74.0 cm³/mol. The van der Waals surface area contributed by atoms with Gasteiger partial charge >= 0.3 is 6.18 Å². The molecule has 3 heterocycles. The number of aryl methyl sites for hydroxylation is 1. The fraction of sp³-hybridized carbons (Fsp3) is 0.571. The summed E-state index contributed by atoms with van der Waals surface area (Å²) in [5.74, 6) is 1.40. The maximum absolute atomic E-state index is 12.8. The zero-order valence-electron chi connectivity index (χ0n) is 12.3. The van der Waals surface area contributed by atoms with Gasteiger partial charge in [0.2, 0.25) is 0 Å². The van der Waals surface area contributed by atoms with Crippen LogP contribution in [0.4, 0.5) is 13.2 Å². The number of H-pyrrole nitrogens is 1. The average molecular weight is 313 g/mol. The summed E-state index contributed by atoms with van der Waals surface area (Å²) in [5, 5.41) is 0. The summed E-state index contributed by atoms with van der Waals surface area (Å²) in [6.45, 7) is 2.30. The van der Waals surface area contributed by atoms with Crippen molar-refractivity contribution in [2.45, 2.75) is 31.5 Å². The Morgan fingerprint density at radius 1 is 1.41 bits per heavy atom. The van der Waals surface area contributed by atoms with Crippen molar-refractivity contribution in [2.75, 3.05) is 13.1 Å². The summed E-state index contributed by atoms with van der Waals surface area (Å²) in [6.07, 6.45) is 1.95. The molecular weight excluding hydrogens is 295 g/mol. The van der Waals surface area contributed by atoms with E-state index in [2.05, 4.69) is 19.9 Å². The molecule has 3 rings (SSSR count). The molecule has 0 bridgehead atoms. The highest BCUT2D eigenvalue weighted by atomic mass is 19.4. The molecule has 1 atom stereocenters. The van der Waals surface area contributed by atoms with Crippen molar-refractivity contribution in [1.82, 2.24) is 24.4 Å². The first-order valence-corrected chi connectivity index (χ1v) is 7.24. The van der Waals surface area contributed by atoms with Crippen LogP contribution in [0.3, 0.4) is 0 Å². The van der Waals surface area contributed by atoms with Crippen LogP contribution >= 0.6 is 0 Å². The molecule has 8 heteroatoms. The van der Waals surface area contributed by atoms with Gasteiger partial charge in [-0.15, -0.1) is 0 Å². The number of imidazole rings is 2. The van der Waals surface area contributed by atoms with Crippen LogP contribution in [0.25, 0.3) is 0 Å². The van der Waals surface area contributed by atoms with Gasteiger partial charge in [-0.3, -0.25) is 4.90 Å². The summed E-state index contributed by atoms with van der Waals surface area (Å²) in [7, 11) is 1.63. The van der Waals surface area contributed by atoms with Crippen molar-refractivity contribution >= 4 is 0 Å². The molecule has 1 N–H and O–H groups in total. The second-order valence-corrected chi connectivity index (χ2v) is 5.70. The van der Waals surface area contributed by atoms with Gasteiger partial charge < -0.3 is 9.55 Å². The van der Waals surface area contributed by atoms with Crippen molar-refractivity contribution in [3.8, 4) is 0 Å². The van der Waals surface area contributed by atoms with E-state index in [1.54, 1.807) is 19.4 Å². The van der Waals surface area contributed by atoms with E-state index in [0.717, 1.165) is 31.4 Å². The highest BCUT2D eigenvalue weighted by Crippen LogP contribution is 2.32. The van der Waals surface area contributed by atoms with E-state index in [-0.39, 0.29) is 5.92 Å². The third-order valence-corrected chi connectivity index (χ3v) is 4.00. The Morgan fingerprint density at radius 2 is 2.23 bits per heavy atom. The number of aromatic nitrogens is 4. The van der Waals surface area contributed by atoms with Crippen LogP contribution in [0.2, 0.25) is 0 Å². The van der Waals surface area contributed by atoms with Crippen LogP contribution < -0.4 is 0 Å². The van der Waals surface area contributed by atoms with E-state index in [1.807, 2.05) is 0 Å². The van der Waals surface area contributed by atoms with E-state index in [9.17, 15) is 13.2 Å². The summed E-state index contributed by atoms with van der Waals surface area (Å²) < 4.78 is 39.8. The third kappa shape index (κ3) is 3.16. The first-order valence-electron chi connectivity index (χ1n) is 7.24. The lowest BCUT2D eigenvalue weighted by molar-refractivity contribution is -0.141. The van der Waals surface area contributed by atoms with E-state index in [4.69, 9.17) is 0 Å². The molecule has 1 saturated heterocycles. The minimum Gasteiger partial charge on any atom is -0.348 e. The molecule has 0 saturated carbocycles. The smallest absolute Gasteiger partial charge is 0.348 e. The van der Waals surface area contributed by atoms with Crippen LogP contribution in [-0.2, 0) is 19.8 Å². The Labute approximate surface area is 126 Å². The molecule has 0 radical (unpaired) electrons. The SMILES string of the molecule is Cn1cc(C(F)(F)F)nc1C1CCCN(Cc2ncc[nH]2)C1. The van der Waals surface area contributed by atoms with E-state index in [1.165, 1.54) is 4.57 Å². The van der Waals surface area contributed by atoms with Gasteiger partial charge in [-0.25, -0.2) is 9.97 Å². The maximum atomic E-state index is 12.8. The Balaban J connectivity index is 1.73. The number of nitrogens with one attached hydrogen (secondary N) is 1. The van der Waals surface area contributed by atoms with Gasteiger partial charge in [-0.1, -0.05) is 0 Å². The number of hydrogen-bond acceptors (Lipinski definition) is 3. The summed E-state index contributed by atoms with van der Waals surface area (Å²) in [6, 6.07) is 0. The van der Waals surface area contributed by atoms with Gasteiger partial charge in [0.25, 0.3) is 0 Å². The van der Waals surface area contributed by atoms with Crippen molar-refractivity contribution in [3.63, 3.8) is 0 Å². The lowest BCUT2D eigenvalue weighted by atomic mass is 9.97. The molecule has 1 aliphatic heterocycles. The second kappa shape index (κ2) is 5.75. The van der Waals surface area contributed by atoms with Crippen LogP contribution in [0.15, 0.2) is 18.6 Å². The van der Waals surface area contributed by atoms with Crippen molar-refractivity contribution in [3.05, 3.63) is 35.9 Å². The fourth-order valence-electron chi connectivity index (χ4n) is 3.00. The highest BCUT2D eigenvalue weighted by Gasteiger charge is 2.36. The quantitative estimate of drug-likeness (QED) is 0.947. The lowest BCUT2D eigenvalue weighted by Gasteiger charge is -2.31. The molecule has 5 nitrogen and oxygen atoms in total. The number of hydrogen-bond donors (Lipinski definition) is 1. The molecular formula is C14H18F3N5. The van der Waals surface area contributed by atoms with Gasteiger partial charge in [0, 0.05) is 38.1 Å². The Bertz CT molecular complexity index is 617.